The number of halogens is 2. The van der Waals surface area contributed by atoms with Crippen LogP contribution < -0.4 is 20.1 Å². The van der Waals surface area contributed by atoms with Gasteiger partial charge in [0.1, 0.15) is 6.04 Å². The molecule has 2 aromatic carbocycles. The Bertz CT molecular complexity index is 1290. The molecule has 1 fully saturated rings. The molecule has 2 aliphatic rings. The number of aromatic nitrogens is 2. The molecule has 2 N–H and O–H groups in total. The highest BCUT2D eigenvalue weighted by Crippen LogP contribution is 2.42. The lowest BCUT2D eigenvalue weighted by atomic mass is 10.00. The van der Waals surface area contributed by atoms with Crippen LogP contribution in [-0.2, 0) is 9.59 Å². The van der Waals surface area contributed by atoms with Crippen molar-refractivity contribution in [3.05, 3.63) is 65.5 Å². The molecule has 0 saturated carbocycles. The van der Waals surface area contributed by atoms with E-state index in [4.69, 9.17) is 0 Å². The first kappa shape index (κ1) is 22.8. The van der Waals surface area contributed by atoms with E-state index in [0.717, 1.165) is 16.9 Å². The largest absolute Gasteiger partial charge is 0.586 e. The maximum absolute atomic E-state index is 13.3. The number of hydrogen-bond acceptors (Lipinski definition) is 6. The van der Waals surface area contributed by atoms with Crippen LogP contribution in [0, 0.1) is 13.8 Å². The zero-order valence-electron chi connectivity index (χ0n) is 19.0. The van der Waals surface area contributed by atoms with Crippen LogP contribution in [0.4, 0.5) is 14.5 Å². The number of anilines is 1. The summed E-state index contributed by atoms with van der Waals surface area (Å²) in [4.78, 5) is 27.6. The Hall–Kier alpha value is -3.99. The van der Waals surface area contributed by atoms with Crippen LogP contribution in [0.25, 0.3) is 5.69 Å². The van der Waals surface area contributed by atoms with Crippen LogP contribution in [0.1, 0.15) is 23.0 Å². The fraction of sp³-hybridized carbons (Fsp3) is 0.292. The first-order valence-corrected chi connectivity index (χ1v) is 11.0. The number of ether oxygens (including phenoxy) is 2. The summed E-state index contributed by atoms with van der Waals surface area (Å²) in [6.45, 7) is 4.49. The van der Waals surface area contributed by atoms with Gasteiger partial charge >= 0.3 is 6.29 Å². The summed E-state index contributed by atoms with van der Waals surface area (Å²) < 4.78 is 37.2. The number of amides is 2. The molecular weight excluding hydrogens is 460 g/mol. The maximum Gasteiger partial charge on any atom is 0.586 e. The van der Waals surface area contributed by atoms with Crippen LogP contribution in [0.15, 0.2) is 48.5 Å². The molecule has 2 amide bonds. The number of para-hydroxylation sites is 1. The van der Waals surface area contributed by atoms with Gasteiger partial charge in [-0.3, -0.25) is 14.5 Å². The third-order valence-electron chi connectivity index (χ3n) is 5.96. The predicted molar refractivity (Wildman–Crippen MR) is 122 cm³/mol. The Balaban J connectivity index is 1.36. The Kier molecular flexibility index (Phi) is 5.64. The Morgan fingerprint density at radius 3 is 2.69 bits per heavy atom. The third-order valence-corrected chi connectivity index (χ3v) is 5.96. The Labute approximate surface area is 199 Å². The quantitative estimate of drug-likeness (QED) is 0.579. The van der Waals surface area contributed by atoms with Gasteiger partial charge in [0.25, 0.3) is 0 Å². The van der Waals surface area contributed by atoms with E-state index in [9.17, 15) is 18.4 Å². The second-order valence-corrected chi connectivity index (χ2v) is 8.37. The molecule has 0 aliphatic carbocycles. The molecule has 1 unspecified atom stereocenters. The van der Waals surface area contributed by atoms with Crippen molar-refractivity contribution >= 4 is 17.5 Å². The minimum atomic E-state index is -3.74. The third kappa shape index (κ3) is 4.42. The van der Waals surface area contributed by atoms with Gasteiger partial charge in [-0.1, -0.05) is 18.2 Å². The van der Waals surface area contributed by atoms with Crippen molar-refractivity contribution in [2.24, 2.45) is 0 Å². The highest BCUT2D eigenvalue weighted by Gasteiger charge is 2.43. The molecule has 0 spiro atoms. The second kappa shape index (κ2) is 8.66. The Morgan fingerprint density at radius 1 is 1.17 bits per heavy atom. The van der Waals surface area contributed by atoms with E-state index in [1.165, 1.54) is 18.2 Å². The summed E-state index contributed by atoms with van der Waals surface area (Å²) in [5.74, 6) is -0.890. The summed E-state index contributed by atoms with van der Waals surface area (Å²) in [5.41, 5.74) is 3.38. The number of carbonyl (C=O) groups is 2. The van der Waals surface area contributed by atoms with Crippen LogP contribution in [0.3, 0.4) is 0 Å². The number of carbonyl (C=O) groups excluding carboxylic acids is 2. The molecule has 1 atom stereocenters. The standard InChI is InChI=1S/C24H23F2N5O4/c1-14-21(15(2)31(29-14)17-6-4-3-5-7-17)22-23(33)27-10-11-30(22)13-20(32)28-16-8-9-18-19(12-16)35-24(25,26)34-18/h3-9,12,22H,10-11,13H2,1-2H3,(H,27,33)(H,28,32). The first-order valence-electron chi connectivity index (χ1n) is 11.0. The van der Waals surface area contributed by atoms with E-state index >= 15 is 0 Å². The number of fused-ring (bicyclic) bond motifs is 1. The van der Waals surface area contributed by atoms with Crippen molar-refractivity contribution in [1.29, 1.82) is 0 Å². The molecule has 35 heavy (non-hydrogen) atoms. The van der Waals surface area contributed by atoms with Gasteiger partial charge < -0.3 is 20.1 Å². The van der Waals surface area contributed by atoms with E-state index in [-0.39, 0.29) is 29.6 Å². The summed E-state index contributed by atoms with van der Waals surface area (Å²) in [6.07, 6.45) is -3.74. The lowest BCUT2D eigenvalue weighted by Gasteiger charge is -2.34. The SMILES string of the molecule is Cc1nn(-c2ccccc2)c(C)c1C1C(=O)NCCN1CC(=O)Nc1ccc2c(c1)OC(F)(F)O2. The predicted octanol–water partition coefficient (Wildman–Crippen LogP) is 2.92. The van der Waals surface area contributed by atoms with E-state index in [1.807, 2.05) is 44.2 Å². The number of benzene rings is 2. The molecule has 11 heteroatoms. The summed E-state index contributed by atoms with van der Waals surface area (Å²) in [7, 11) is 0. The van der Waals surface area contributed by atoms with Gasteiger partial charge in [0.2, 0.25) is 11.8 Å². The second-order valence-electron chi connectivity index (χ2n) is 8.37. The van der Waals surface area contributed by atoms with Crippen molar-refractivity contribution in [1.82, 2.24) is 20.0 Å². The maximum atomic E-state index is 13.3. The minimum Gasteiger partial charge on any atom is -0.395 e. The number of alkyl halides is 2. The zero-order valence-corrected chi connectivity index (χ0v) is 19.0. The van der Waals surface area contributed by atoms with Gasteiger partial charge in [0.05, 0.1) is 17.9 Å². The normalized spacial score (nSPS) is 18.9. The van der Waals surface area contributed by atoms with Crippen molar-refractivity contribution in [3.8, 4) is 17.2 Å². The molecule has 0 bridgehead atoms. The van der Waals surface area contributed by atoms with E-state index in [2.05, 4.69) is 25.2 Å². The van der Waals surface area contributed by atoms with Gasteiger partial charge in [-0.25, -0.2) is 4.68 Å². The topological polar surface area (TPSA) is 97.7 Å². The smallest absolute Gasteiger partial charge is 0.395 e. The number of piperazine rings is 1. The van der Waals surface area contributed by atoms with Gasteiger partial charge in [-0.2, -0.15) is 5.10 Å². The number of rotatable bonds is 5. The molecule has 182 valence electrons. The van der Waals surface area contributed by atoms with Crippen molar-refractivity contribution in [2.45, 2.75) is 26.2 Å². The Morgan fingerprint density at radius 2 is 1.91 bits per heavy atom. The van der Waals surface area contributed by atoms with Gasteiger partial charge in [-0.15, -0.1) is 8.78 Å². The van der Waals surface area contributed by atoms with Crippen molar-refractivity contribution < 1.29 is 27.8 Å². The van der Waals surface area contributed by atoms with E-state index in [0.29, 0.717) is 18.8 Å². The monoisotopic (exact) mass is 483 g/mol. The number of nitrogens with zero attached hydrogens (tertiary/aromatic N) is 3. The first-order chi connectivity index (χ1) is 16.7. The minimum absolute atomic E-state index is 0.0852. The number of aryl methyl sites for hydroxylation is 1. The van der Waals surface area contributed by atoms with E-state index in [1.54, 1.807) is 9.58 Å². The lowest BCUT2D eigenvalue weighted by molar-refractivity contribution is -0.286. The fourth-order valence-electron chi connectivity index (χ4n) is 4.48. The zero-order chi connectivity index (χ0) is 24.7. The van der Waals surface area contributed by atoms with E-state index < -0.39 is 18.2 Å². The average Bonchev–Trinajstić information content (AvgIpc) is 3.28. The molecule has 5 rings (SSSR count). The molecule has 9 nitrogen and oxygen atoms in total. The molecule has 2 aliphatic heterocycles. The fourth-order valence-corrected chi connectivity index (χ4v) is 4.48. The summed E-state index contributed by atoms with van der Waals surface area (Å²) in [6, 6.07) is 12.9. The van der Waals surface area contributed by atoms with Crippen LogP contribution >= 0.6 is 0 Å². The summed E-state index contributed by atoms with van der Waals surface area (Å²) in [5, 5.41) is 10.2. The van der Waals surface area contributed by atoms with Crippen LogP contribution in [0.2, 0.25) is 0 Å². The van der Waals surface area contributed by atoms with Crippen LogP contribution in [-0.4, -0.2) is 52.4 Å². The molecular formula is C24H23F2N5O4. The van der Waals surface area contributed by atoms with Crippen molar-refractivity contribution in [2.75, 3.05) is 25.0 Å². The van der Waals surface area contributed by atoms with Crippen molar-refractivity contribution in [3.63, 3.8) is 0 Å². The number of nitrogens with one attached hydrogen (secondary N) is 2. The van der Waals surface area contributed by atoms with Gasteiger partial charge in [0.15, 0.2) is 11.5 Å². The summed E-state index contributed by atoms with van der Waals surface area (Å²) >= 11 is 0. The van der Waals surface area contributed by atoms with Gasteiger partial charge in [0, 0.05) is 36.1 Å². The average molecular weight is 483 g/mol. The van der Waals surface area contributed by atoms with Crippen LogP contribution in [0.5, 0.6) is 11.5 Å². The van der Waals surface area contributed by atoms with Gasteiger partial charge in [-0.05, 0) is 38.1 Å². The molecule has 3 aromatic rings. The molecule has 1 aromatic heterocycles. The molecule has 0 radical (unpaired) electrons. The highest BCUT2D eigenvalue weighted by molar-refractivity contribution is 5.93. The molecule has 1 saturated heterocycles. The highest BCUT2D eigenvalue weighted by atomic mass is 19.3. The molecule has 3 heterocycles. The lowest BCUT2D eigenvalue weighted by Crippen LogP contribution is -2.52. The number of hydrogen-bond donors (Lipinski definition) is 2.